The Morgan fingerprint density at radius 1 is 0.667 bits per heavy atom. The molecule has 6 heavy (non-hydrogen) atoms. The molecule has 0 atom stereocenters. The third-order valence-corrected chi connectivity index (χ3v) is 0. The molecule has 0 heterocycles. The van der Waals surface area contributed by atoms with E-state index in [1.54, 1.807) is 0 Å². The van der Waals surface area contributed by atoms with Crippen LogP contribution in [0.4, 0.5) is 0 Å². The number of rotatable bonds is 0. The molecule has 0 fully saturated rings. The van der Waals surface area contributed by atoms with E-state index in [2.05, 4.69) is 0 Å². The molecule has 0 amide bonds. The van der Waals surface area contributed by atoms with Crippen LogP contribution in [0.25, 0.3) is 6.15 Å². The molecule has 0 rings (SSSR count). The van der Waals surface area contributed by atoms with Gasteiger partial charge in [-0.1, -0.05) is 0 Å². The zero-order chi connectivity index (χ0) is 0. The van der Waals surface area contributed by atoms with Crippen molar-refractivity contribution in [2.45, 2.75) is 0 Å². The summed E-state index contributed by atoms with van der Waals surface area (Å²) in [6, 6.07) is 0. The molecular weight excluding hydrogens is 137 g/mol. The molecule has 3 heteroatoms. The van der Waals surface area contributed by atoms with Crippen LogP contribution in [0.1, 0.15) is 0 Å². The monoisotopic (exact) mass is 150 g/mol. The smallest absolute Gasteiger partial charge is 0 e. The van der Waals surface area contributed by atoms with Crippen LogP contribution in [0, 0.1) is 22.3 Å². The van der Waals surface area contributed by atoms with Gasteiger partial charge in [-0.3, -0.25) is 0 Å². The van der Waals surface area contributed by atoms with E-state index in [1.165, 1.54) is 0 Å². The molecule has 0 unspecified atom stereocenters. The summed E-state index contributed by atoms with van der Waals surface area (Å²) in [4.78, 5) is 0. The van der Waals surface area contributed by atoms with Gasteiger partial charge in [-0.15, -0.1) is 0 Å². The van der Waals surface area contributed by atoms with Gasteiger partial charge in [-0.25, -0.2) is 0 Å². The van der Waals surface area contributed by atoms with Crippen molar-refractivity contribution in [2.24, 2.45) is 0 Å². The van der Waals surface area contributed by atoms with Crippen molar-refractivity contribution in [3.05, 3.63) is 28.4 Å². The van der Waals surface area contributed by atoms with Gasteiger partial charge < -0.3 is 28.4 Å². The van der Waals surface area contributed by atoms with E-state index in [0.29, 0.717) is 0 Å². The standard InChI is InChI=1S/3CH3.H2N.Ni.H3Si/h3*1H3;1H2;;1H3/q4*-1;;. The van der Waals surface area contributed by atoms with Crippen molar-refractivity contribution in [1.29, 1.82) is 0 Å². The molecular formula is C3H14NNiSi-4. The average Bonchev–Trinajstić information content (AvgIpc) is 0. The Bertz CT molecular complexity index is 10.8. The van der Waals surface area contributed by atoms with Crippen LogP contribution in [0.15, 0.2) is 0 Å². The van der Waals surface area contributed by atoms with Crippen molar-refractivity contribution in [1.82, 2.24) is 0 Å². The maximum atomic E-state index is 0. The molecule has 1 radical (unpaired) electrons. The molecule has 0 bridgehead atoms. The van der Waals surface area contributed by atoms with E-state index in [-0.39, 0.29) is 55.9 Å². The fraction of sp³-hybridized carbons (Fsp3) is 0. The third-order valence-electron chi connectivity index (χ3n) is 0. The zero-order valence-corrected chi connectivity index (χ0v) is 7.88. The average molecular weight is 151 g/mol. The maximum absolute atomic E-state index is 0. The first-order valence-corrected chi connectivity index (χ1v) is 0. The Labute approximate surface area is 56.4 Å². The van der Waals surface area contributed by atoms with Gasteiger partial charge >= 0.3 is 0 Å². The first kappa shape index (κ1) is 477. The molecule has 0 aliphatic carbocycles. The predicted octanol–water partition coefficient (Wildman–Crippen LogP) is 0.882. The minimum absolute atomic E-state index is 0. The minimum Gasteiger partial charge on any atom is -0.693 e. The molecule has 0 spiro atoms. The van der Waals surface area contributed by atoms with Crippen LogP contribution < -0.4 is 0 Å². The summed E-state index contributed by atoms with van der Waals surface area (Å²) in [6.07, 6.45) is 0. The van der Waals surface area contributed by atoms with Crippen molar-refractivity contribution >= 4 is 11.0 Å². The third kappa shape index (κ3) is 140. The summed E-state index contributed by atoms with van der Waals surface area (Å²) in [5.74, 6) is 0. The van der Waals surface area contributed by atoms with Gasteiger partial charge in [0.1, 0.15) is 0 Å². The molecule has 0 saturated carbocycles. The molecule has 0 aliphatic heterocycles. The summed E-state index contributed by atoms with van der Waals surface area (Å²) in [5.41, 5.74) is 0. The Morgan fingerprint density at radius 3 is 0.667 bits per heavy atom. The second-order valence-electron chi connectivity index (χ2n) is 0. The summed E-state index contributed by atoms with van der Waals surface area (Å²) in [6.45, 7) is 0. The quantitative estimate of drug-likeness (QED) is 0.363. The summed E-state index contributed by atoms with van der Waals surface area (Å²) in [7, 11) is 0. The minimum atomic E-state index is 0. The molecule has 0 aliphatic rings. The topological polar surface area (TPSA) is 33.5 Å². The van der Waals surface area contributed by atoms with Gasteiger partial charge in [0.2, 0.25) is 0 Å². The van der Waals surface area contributed by atoms with E-state index < -0.39 is 0 Å². The molecule has 0 aromatic heterocycles. The van der Waals surface area contributed by atoms with E-state index >= 15 is 0 Å². The van der Waals surface area contributed by atoms with Crippen LogP contribution in [-0.4, -0.2) is 11.0 Å². The first-order chi connectivity index (χ1) is 0. The second kappa shape index (κ2) is 275. The second-order valence-corrected chi connectivity index (χ2v) is 0. The molecule has 0 aromatic carbocycles. The Kier molecular flexibility index (Phi) is 21900. The number of hydrogen-bond donors (Lipinski definition) is 0. The fourth-order valence-electron chi connectivity index (χ4n) is 0. The summed E-state index contributed by atoms with van der Waals surface area (Å²) in [5, 5.41) is 0. The predicted molar refractivity (Wildman–Crippen MR) is 34.5 cm³/mol. The van der Waals surface area contributed by atoms with Crippen LogP contribution in [0.3, 0.4) is 0 Å². The van der Waals surface area contributed by atoms with E-state index in [9.17, 15) is 0 Å². The SMILES string of the molecule is [CH3-].[CH3-].[CH3-].[NH2-].[Ni].[SiH3]. The van der Waals surface area contributed by atoms with Gasteiger partial charge in [0.05, 0.1) is 0 Å². The van der Waals surface area contributed by atoms with Gasteiger partial charge in [0.25, 0.3) is 0 Å². The Balaban J connectivity index is 0. The fourth-order valence-corrected chi connectivity index (χ4v) is 0. The van der Waals surface area contributed by atoms with E-state index in [4.69, 9.17) is 0 Å². The van der Waals surface area contributed by atoms with Crippen LogP contribution in [0.2, 0.25) is 0 Å². The van der Waals surface area contributed by atoms with Gasteiger partial charge in [0.15, 0.2) is 0 Å². The van der Waals surface area contributed by atoms with E-state index in [0.717, 1.165) is 0 Å². The van der Waals surface area contributed by atoms with Crippen LogP contribution in [0.5, 0.6) is 0 Å². The van der Waals surface area contributed by atoms with Gasteiger partial charge in [-0.2, -0.15) is 0 Å². The van der Waals surface area contributed by atoms with Crippen molar-refractivity contribution in [3.8, 4) is 0 Å². The Hall–Kier alpha value is 0.670. The Morgan fingerprint density at radius 2 is 0.667 bits per heavy atom. The molecule has 1 nitrogen and oxygen atoms in total. The zero-order valence-electron chi connectivity index (χ0n) is 4.89. The van der Waals surface area contributed by atoms with Gasteiger partial charge in [0, 0.05) is 16.5 Å². The largest absolute Gasteiger partial charge is 0.693 e. The van der Waals surface area contributed by atoms with Crippen LogP contribution >= 0.6 is 0 Å². The normalized spacial score (nSPS) is 0. The number of nitrogens with two attached hydrogens (primary N) is 1. The number of hydrogen-bond acceptors (Lipinski definition) is 0. The van der Waals surface area contributed by atoms with E-state index in [1.807, 2.05) is 0 Å². The van der Waals surface area contributed by atoms with Crippen molar-refractivity contribution < 1.29 is 16.5 Å². The maximum Gasteiger partial charge on any atom is 0 e. The van der Waals surface area contributed by atoms with Crippen LogP contribution in [-0.2, 0) is 16.5 Å². The molecule has 2 N–H and O–H groups in total. The van der Waals surface area contributed by atoms with Gasteiger partial charge in [-0.05, 0) is 11.0 Å². The molecule has 49 valence electrons. The molecule has 0 saturated heterocycles. The molecule has 0 aromatic rings. The van der Waals surface area contributed by atoms with Crippen molar-refractivity contribution in [2.75, 3.05) is 0 Å². The van der Waals surface area contributed by atoms with Crippen molar-refractivity contribution in [3.63, 3.8) is 0 Å². The first-order valence-electron chi connectivity index (χ1n) is 0. The summed E-state index contributed by atoms with van der Waals surface area (Å²) >= 11 is 0. The summed E-state index contributed by atoms with van der Waals surface area (Å²) < 4.78 is 0.